The van der Waals surface area contributed by atoms with Crippen LogP contribution in [0, 0.1) is 11.7 Å². The van der Waals surface area contributed by atoms with Crippen LogP contribution in [0.1, 0.15) is 48.8 Å². The van der Waals surface area contributed by atoms with Gasteiger partial charge >= 0.3 is 0 Å². The third-order valence-electron chi connectivity index (χ3n) is 6.46. The van der Waals surface area contributed by atoms with Crippen LogP contribution in [0.4, 0.5) is 4.39 Å². The highest BCUT2D eigenvalue weighted by Crippen LogP contribution is 2.32. The van der Waals surface area contributed by atoms with E-state index in [1.54, 1.807) is 16.8 Å². The summed E-state index contributed by atoms with van der Waals surface area (Å²) >= 11 is 5.80. The summed E-state index contributed by atoms with van der Waals surface area (Å²) < 4.78 is 21.0. The van der Waals surface area contributed by atoms with Crippen LogP contribution in [-0.2, 0) is 11.3 Å². The molecule has 2 fully saturated rings. The Morgan fingerprint density at radius 3 is 2.87 bits per heavy atom. The predicted octanol–water partition coefficient (Wildman–Crippen LogP) is 3.34. The summed E-state index contributed by atoms with van der Waals surface area (Å²) in [5.41, 5.74) is 1.19. The van der Waals surface area contributed by atoms with E-state index in [-0.39, 0.29) is 22.4 Å². The average molecular weight is 446 g/mol. The van der Waals surface area contributed by atoms with Gasteiger partial charge in [-0.05, 0) is 36.5 Å². The summed E-state index contributed by atoms with van der Waals surface area (Å²) in [5.74, 6) is 1.74. The smallest absolute Gasteiger partial charge is 0.276 e. The second-order valence-corrected chi connectivity index (χ2v) is 9.07. The number of imidazole rings is 1. The van der Waals surface area contributed by atoms with Crippen LogP contribution < -0.4 is 5.56 Å². The highest BCUT2D eigenvalue weighted by atomic mass is 35.5. The van der Waals surface area contributed by atoms with Gasteiger partial charge in [0.05, 0.1) is 11.2 Å². The second-order valence-electron chi connectivity index (χ2n) is 8.67. The van der Waals surface area contributed by atoms with E-state index in [1.165, 1.54) is 6.07 Å². The number of likely N-dealkylation sites (tertiary alicyclic amines) is 1. The number of hydrogen-bond donors (Lipinski definition) is 1. The van der Waals surface area contributed by atoms with Gasteiger partial charge < -0.3 is 9.72 Å². The number of H-pyrrole nitrogens is 1. The molecule has 0 amide bonds. The van der Waals surface area contributed by atoms with Gasteiger partial charge in [-0.15, -0.1) is 0 Å². The maximum absolute atomic E-state index is 13.8. The molecule has 2 saturated heterocycles. The number of halogens is 2. The van der Waals surface area contributed by atoms with Gasteiger partial charge in [0, 0.05) is 44.7 Å². The lowest BCUT2D eigenvalue weighted by Gasteiger charge is -2.21. The Bertz CT molecular complexity index is 1160. The van der Waals surface area contributed by atoms with Gasteiger partial charge in [-0.25, -0.2) is 13.9 Å². The third kappa shape index (κ3) is 4.00. The monoisotopic (exact) mass is 445 g/mol. The topological polar surface area (TPSA) is 75.5 Å². The lowest BCUT2D eigenvalue weighted by molar-refractivity contribution is 0.0832. The molecule has 4 heterocycles. The first kappa shape index (κ1) is 20.6. The highest BCUT2D eigenvalue weighted by Gasteiger charge is 2.33. The van der Waals surface area contributed by atoms with Crippen molar-refractivity contribution in [2.45, 2.75) is 38.1 Å². The van der Waals surface area contributed by atoms with Crippen LogP contribution in [0.3, 0.4) is 0 Å². The fraction of sp³-hybridized carbons (Fsp3) is 0.500. The van der Waals surface area contributed by atoms with Crippen LogP contribution >= 0.6 is 11.6 Å². The molecule has 9 heteroatoms. The molecule has 164 valence electrons. The van der Waals surface area contributed by atoms with Crippen molar-refractivity contribution < 1.29 is 9.13 Å². The molecule has 0 saturated carbocycles. The van der Waals surface area contributed by atoms with Gasteiger partial charge in [0.25, 0.3) is 5.56 Å². The molecule has 0 bridgehead atoms. The molecule has 0 aliphatic carbocycles. The molecule has 1 aromatic carbocycles. The third-order valence-corrected chi connectivity index (χ3v) is 6.77. The maximum atomic E-state index is 13.8. The standard InChI is InChI=1S/C22H25ClFN5O2/c1-13-10-28(11-14-2-3-17(23)18(24)8-14)12-16(13)20-26-22(30)19-9-25-21(29(19)27-20)15-4-6-31-7-5-15/h2-3,8-9,13,15-16H,4-7,10-12H2,1H3,(H,26,27,30). The molecule has 0 spiro atoms. The van der Waals surface area contributed by atoms with Gasteiger partial charge in [-0.2, -0.15) is 5.10 Å². The zero-order valence-electron chi connectivity index (χ0n) is 17.4. The fourth-order valence-electron chi connectivity index (χ4n) is 4.78. The van der Waals surface area contributed by atoms with E-state index in [4.69, 9.17) is 21.4 Å². The van der Waals surface area contributed by atoms with Crippen LogP contribution in [0.5, 0.6) is 0 Å². The Balaban J connectivity index is 1.40. The number of aromatic amines is 1. The lowest BCUT2D eigenvalue weighted by Crippen LogP contribution is -2.24. The van der Waals surface area contributed by atoms with E-state index < -0.39 is 5.82 Å². The quantitative estimate of drug-likeness (QED) is 0.666. The van der Waals surface area contributed by atoms with Crippen molar-refractivity contribution in [2.75, 3.05) is 26.3 Å². The number of benzene rings is 1. The summed E-state index contributed by atoms with van der Waals surface area (Å²) in [4.78, 5) is 22.5. The van der Waals surface area contributed by atoms with Crippen LogP contribution in [0.2, 0.25) is 5.02 Å². The Kier molecular flexibility index (Phi) is 5.54. The summed E-state index contributed by atoms with van der Waals surface area (Å²) in [5, 5.41) is 4.96. The predicted molar refractivity (Wildman–Crippen MR) is 115 cm³/mol. The van der Waals surface area contributed by atoms with Crippen LogP contribution in [0.15, 0.2) is 29.2 Å². The molecule has 7 nitrogen and oxygen atoms in total. The summed E-state index contributed by atoms with van der Waals surface area (Å²) in [6.45, 7) is 5.77. The SMILES string of the molecule is CC1CN(Cc2ccc(Cl)c(F)c2)CC1c1nn2c(C3CCOCC3)ncc2c(=O)[nH]1. The minimum atomic E-state index is -0.403. The van der Waals surface area contributed by atoms with Crippen molar-refractivity contribution in [1.82, 2.24) is 24.5 Å². The summed E-state index contributed by atoms with van der Waals surface area (Å²) in [6.07, 6.45) is 3.38. The van der Waals surface area contributed by atoms with Gasteiger partial charge in [0.2, 0.25) is 0 Å². The molecule has 2 aromatic heterocycles. The number of aromatic nitrogens is 4. The number of nitrogens with zero attached hydrogens (tertiary/aromatic N) is 4. The van der Waals surface area contributed by atoms with Crippen LogP contribution in [0.25, 0.3) is 5.52 Å². The van der Waals surface area contributed by atoms with E-state index in [2.05, 4.69) is 21.8 Å². The Morgan fingerprint density at radius 1 is 1.29 bits per heavy atom. The zero-order valence-corrected chi connectivity index (χ0v) is 18.1. The van der Waals surface area contributed by atoms with E-state index >= 15 is 0 Å². The number of ether oxygens (including phenoxy) is 1. The zero-order chi connectivity index (χ0) is 21.5. The van der Waals surface area contributed by atoms with Crippen molar-refractivity contribution in [1.29, 1.82) is 0 Å². The summed E-state index contributed by atoms with van der Waals surface area (Å²) in [7, 11) is 0. The van der Waals surface area contributed by atoms with Gasteiger partial charge in [0.15, 0.2) is 5.52 Å². The Morgan fingerprint density at radius 2 is 2.10 bits per heavy atom. The van der Waals surface area contributed by atoms with E-state index in [0.29, 0.717) is 37.0 Å². The van der Waals surface area contributed by atoms with Crippen molar-refractivity contribution in [3.63, 3.8) is 0 Å². The molecule has 3 aromatic rings. The maximum Gasteiger partial charge on any atom is 0.276 e. The molecule has 0 radical (unpaired) electrons. The lowest BCUT2D eigenvalue weighted by atomic mass is 9.97. The Hall–Kier alpha value is -2.29. The van der Waals surface area contributed by atoms with Crippen molar-refractivity contribution in [2.24, 2.45) is 5.92 Å². The molecule has 2 aliphatic rings. The van der Waals surface area contributed by atoms with Crippen molar-refractivity contribution >= 4 is 17.1 Å². The average Bonchev–Trinajstić information content (AvgIpc) is 3.35. The molecular formula is C22H25ClFN5O2. The van der Waals surface area contributed by atoms with Gasteiger partial charge in [0.1, 0.15) is 17.5 Å². The molecule has 1 N–H and O–H groups in total. The molecular weight excluding hydrogens is 421 g/mol. The minimum Gasteiger partial charge on any atom is -0.381 e. The molecule has 31 heavy (non-hydrogen) atoms. The second kappa shape index (κ2) is 8.33. The van der Waals surface area contributed by atoms with E-state index in [1.807, 2.05) is 6.07 Å². The number of rotatable bonds is 4. The van der Waals surface area contributed by atoms with E-state index in [0.717, 1.165) is 37.3 Å². The first-order valence-corrected chi connectivity index (χ1v) is 11.1. The van der Waals surface area contributed by atoms with Gasteiger partial charge in [-0.1, -0.05) is 24.6 Å². The highest BCUT2D eigenvalue weighted by molar-refractivity contribution is 6.30. The minimum absolute atomic E-state index is 0.0826. The molecule has 2 atom stereocenters. The van der Waals surface area contributed by atoms with E-state index in [9.17, 15) is 9.18 Å². The molecule has 2 unspecified atom stereocenters. The number of fused-ring (bicyclic) bond motifs is 1. The Labute approximate surface area is 184 Å². The summed E-state index contributed by atoms with van der Waals surface area (Å²) in [6, 6.07) is 4.92. The first-order valence-electron chi connectivity index (χ1n) is 10.7. The van der Waals surface area contributed by atoms with Crippen molar-refractivity contribution in [3.8, 4) is 0 Å². The van der Waals surface area contributed by atoms with Crippen molar-refractivity contribution in [3.05, 3.63) is 62.8 Å². The molecule has 5 rings (SSSR count). The number of nitrogens with one attached hydrogen (secondary N) is 1. The fourth-order valence-corrected chi connectivity index (χ4v) is 4.90. The first-order chi connectivity index (χ1) is 15.0. The normalized spacial score (nSPS) is 23.1. The molecule has 2 aliphatic heterocycles. The number of hydrogen-bond acceptors (Lipinski definition) is 5. The van der Waals surface area contributed by atoms with Gasteiger partial charge in [-0.3, -0.25) is 9.69 Å². The largest absolute Gasteiger partial charge is 0.381 e. The van der Waals surface area contributed by atoms with Crippen LogP contribution in [-0.4, -0.2) is 50.8 Å².